The molecule has 1 saturated carbocycles. The summed E-state index contributed by atoms with van der Waals surface area (Å²) in [6.07, 6.45) is 7.02. The van der Waals surface area contributed by atoms with E-state index in [1.807, 2.05) is 11.8 Å². The molecular formula is C18H26N2S. The highest BCUT2D eigenvalue weighted by Crippen LogP contribution is 2.34. The van der Waals surface area contributed by atoms with Crippen LogP contribution in [0.2, 0.25) is 0 Å². The normalized spacial score (nSPS) is 29.2. The van der Waals surface area contributed by atoms with E-state index < -0.39 is 0 Å². The van der Waals surface area contributed by atoms with E-state index in [4.69, 9.17) is 0 Å². The van der Waals surface area contributed by atoms with E-state index in [1.165, 1.54) is 37.7 Å². The van der Waals surface area contributed by atoms with Gasteiger partial charge < -0.3 is 5.32 Å². The minimum Gasteiger partial charge on any atom is -0.365 e. The molecule has 0 amide bonds. The molecule has 0 saturated heterocycles. The molecule has 1 N–H and O–H groups in total. The third-order valence-corrected chi connectivity index (χ3v) is 5.90. The molecule has 1 aromatic carbocycles. The number of nitrogens with zero attached hydrogens (tertiary/aromatic N) is 1. The molecule has 0 aromatic heterocycles. The van der Waals surface area contributed by atoms with Crippen LogP contribution in [-0.2, 0) is 0 Å². The van der Waals surface area contributed by atoms with Gasteiger partial charge >= 0.3 is 0 Å². The van der Waals surface area contributed by atoms with Crippen molar-refractivity contribution in [1.29, 1.82) is 0 Å². The van der Waals surface area contributed by atoms with E-state index in [0.717, 1.165) is 30.1 Å². The average Bonchev–Trinajstić information content (AvgIpc) is 2.97. The topological polar surface area (TPSA) is 24.4 Å². The van der Waals surface area contributed by atoms with Gasteiger partial charge in [-0.25, -0.2) is 0 Å². The van der Waals surface area contributed by atoms with Crippen molar-refractivity contribution in [3.05, 3.63) is 35.9 Å². The zero-order valence-electron chi connectivity index (χ0n) is 12.9. The van der Waals surface area contributed by atoms with Gasteiger partial charge in [0.25, 0.3) is 0 Å². The number of rotatable bonds is 4. The Hall–Kier alpha value is -0.960. The Morgan fingerprint density at radius 3 is 2.90 bits per heavy atom. The van der Waals surface area contributed by atoms with Crippen LogP contribution in [0.4, 0.5) is 0 Å². The van der Waals surface area contributed by atoms with Crippen molar-refractivity contribution < 1.29 is 0 Å². The molecular weight excluding hydrogens is 276 g/mol. The molecule has 0 spiro atoms. The summed E-state index contributed by atoms with van der Waals surface area (Å²) in [4.78, 5) is 4.66. The zero-order chi connectivity index (χ0) is 14.5. The fourth-order valence-corrected chi connectivity index (χ4v) is 4.57. The molecule has 1 aliphatic heterocycles. The van der Waals surface area contributed by atoms with Crippen LogP contribution in [0.25, 0.3) is 0 Å². The van der Waals surface area contributed by atoms with Gasteiger partial charge in [0.05, 0.1) is 11.8 Å². The van der Waals surface area contributed by atoms with E-state index >= 15 is 0 Å². The van der Waals surface area contributed by atoms with Gasteiger partial charge in [0, 0.05) is 6.54 Å². The van der Waals surface area contributed by atoms with Crippen LogP contribution in [0.3, 0.4) is 0 Å². The smallest absolute Gasteiger partial charge is 0.157 e. The Balaban J connectivity index is 1.39. The van der Waals surface area contributed by atoms with Crippen molar-refractivity contribution in [3.8, 4) is 0 Å². The Morgan fingerprint density at radius 2 is 2.10 bits per heavy atom. The first kappa shape index (κ1) is 15.0. The lowest BCUT2D eigenvalue weighted by Crippen LogP contribution is -2.24. The number of hydrogen-bond donors (Lipinski definition) is 1. The highest BCUT2D eigenvalue weighted by Gasteiger charge is 2.22. The molecule has 3 atom stereocenters. The SMILES string of the molecule is CC1CCCC(CCNC2=NCC(c3ccccc3)S2)C1. The minimum absolute atomic E-state index is 0.503. The fraction of sp³-hybridized carbons (Fsp3) is 0.611. The monoisotopic (exact) mass is 302 g/mol. The molecule has 3 rings (SSSR count). The maximum atomic E-state index is 4.66. The number of hydrogen-bond acceptors (Lipinski definition) is 3. The molecule has 0 radical (unpaired) electrons. The predicted molar refractivity (Wildman–Crippen MR) is 92.8 cm³/mol. The Bertz CT molecular complexity index is 471. The molecule has 1 fully saturated rings. The van der Waals surface area contributed by atoms with Crippen LogP contribution in [0.1, 0.15) is 49.8 Å². The van der Waals surface area contributed by atoms with Gasteiger partial charge in [-0.3, -0.25) is 4.99 Å². The van der Waals surface area contributed by atoms with Crippen LogP contribution in [0.15, 0.2) is 35.3 Å². The number of amidine groups is 1. The van der Waals surface area contributed by atoms with Gasteiger partial charge in [0.1, 0.15) is 0 Å². The lowest BCUT2D eigenvalue weighted by molar-refractivity contribution is 0.270. The molecule has 1 aromatic rings. The van der Waals surface area contributed by atoms with Crippen molar-refractivity contribution in [2.75, 3.05) is 13.1 Å². The third kappa shape index (κ3) is 4.26. The Morgan fingerprint density at radius 1 is 1.24 bits per heavy atom. The van der Waals surface area contributed by atoms with Crippen molar-refractivity contribution in [2.24, 2.45) is 16.8 Å². The molecule has 2 aliphatic rings. The number of aliphatic imine (C=N–C) groups is 1. The average molecular weight is 302 g/mol. The third-order valence-electron chi connectivity index (χ3n) is 4.70. The van der Waals surface area contributed by atoms with Crippen LogP contribution in [0.5, 0.6) is 0 Å². The van der Waals surface area contributed by atoms with Crippen LogP contribution >= 0.6 is 11.8 Å². The van der Waals surface area contributed by atoms with Crippen molar-refractivity contribution in [1.82, 2.24) is 5.32 Å². The summed E-state index contributed by atoms with van der Waals surface area (Å²) >= 11 is 1.89. The van der Waals surface area contributed by atoms with Gasteiger partial charge in [-0.15, -0.1) is 0 Å². The Labute approximate surface area is 132 Å². The van der Waals surface area contributed by atoms with Gasteiger partial charge in [0.2, 0.25) is 0 Å². The molecule has 0 bridgehead atoms. The van der Waals surface area contributed by atoms with E-state index in [2.05, 4.69) is 47.6 Å². The van der Waals surface area contributed by atoms with Gasteiger partial charge in [-0.05, 0) is 30.2 Å². The summed E-state index contributed by atoms with van der Waals surface area (Å²) in [5.74, 6) is 1.86. The molecule has 114 valence electrons. The maximum absolute atomic E-state index is 4.66. The standard InChI is InChI=1S/C18H26N2S/c1-14-6-5-7-15(12-14)10-11-19-18-20-13-17(21-18)16-8-3-2-4-9-16/h2-4,8-9,14-15,17H,5-7,10-13H2,1H3,(H,19,20). The van der Waals surface area contributed by atoms with Gasteiger partial charge in [0.15, 0.2) is 5.17 Å². The Kier molecular flexibility index (Phi) is 5.23. The molecule has 3 unspecified atom stereocenters. The second-order valence-corrected chi connectivity index (χ2v) is 7.71. The fourth-order valence-electron chi connectivity index (χ4n) is 3.52. The summed E-state index contributed by atoms with van der Waals surface area (Å²) in [5.41, 5.74) is 1.39. The molecule has 21 heavy (non-hydrogen) atoms. The molecule has 2 nitrogen and oxygen atoms in total. The number of thioether (sulfide) groups is 1. The predicted octanol–water partition coefficient (Wildman–Crippen LogP) is 4.64. The van der Waals surface area contributed by atoms with Gasteiger partial charge in [-0.2, -0.15) is 0 Å². The quantitative estimate of drug-likeness (QED) is 0.876. The second kappa shape index (κ2) is 7.35. The highest BCUT2D eigenvalue weighted by atomic mass is 32.2. The van der Waals surface area contributed by atoms with Crippen LogP contribution in [-0.4, -0.2) is 18.3 Å². The van der Waals surface area contributed by atoms with E-state index in [0.29, 0.717) is 5.25 Å². The summed E-state index contributed by atoms with van der Waals surface area (Å²) in [6, 6.07) is 10.7. The van der Waals surface area contributed by atoms with E-state index in [-0.39, 0.29) is 0 Å². The second-order valence-electron chi connectivity index (χ2n) is 6.52. The van der Waals surface area contributed by atoms with Crippen molar-refractivity contribution >= 4 is 16.9 Å². The maximum Gasteiger partial charge on any atom is 0.157 e. The molecule has 1 heterocycles. The van der Waals surface area contributed by atoms with E-state index in [1.54, 1.807) is 0 Å². The number of benzene rings is 1. The number of nitrogens with one attached hydrogen (secondary N) is 1. The van der Waals surface area contributed by atoms with Crippen molar-refractivity contribution in [3.63, 3.8) is 0 Å². The summed E-state index contributed by atoms with van der Waals surface area (Å²) in [5, 5.41) is 5.21. The largest absolute Gasteiger partial charge is 0.365 e. The summed E-state index contributed by atoms with van der Waals surface area (Å²) in [6.45, 7) is 4.41. The zero-order valence-corrected chi connectivity index (χ0v) is 13.7. The summed E-state index contributed by atoms with van der Waals surface area (Å²) in [7, 11) is 0. The minimum atomic E-state index is 0.503. The first-order chi connectivity index (χ1) is 10.3. The first-order valence-corrected chi connectivity index (χ1v) is 9.19. The van der Waals surface area contributed by atoms with Gasteiger partial charge in [-0.1, -0.05) is 68.3 Å². The summed E-state index contributed by atoms with van der Waals surface area (Å²) < 4.78 is 0. The first-order valence-electron chi connectivity index (χ1n) is 8.31. The molecule has 1 aliphatic carbocycles. The lowest BCUT2D eigenvalue weighted by atomic mass is 9.81. The van der Waals surface area contributed by atoms with E-state index in [9.17, 15) is 0 Å². The highest BCUT2D eigenvalue weighted by molar-refractivity contribution is 8.14. The van der Waals surface area contributed by atoms with Crippen LogP contribution < -0.4 is 5.32 Å². The van der Waals surface area contributed by atoms with Crippen LogP contribution in [0, 0.1) is 11.8 Å². The molecule has 3 heteroatoms. The van der Waals surface area contributed by atoms with Crippen molar-refractivity contribution in [2.45, 2.75) is 44.3 Å². The lowest BCUT2D eigenvalue weighted by Gasteiger charge is -2.26.